The van der Waals surface area contributed by atoms with Gasteiger partial charge in [-0.15, -0.1) is 11.3 Å². The molecule has 0 saturated carbocycles. The van der Waals surface area contributed by atoms with E-state index in [1.807, 2.05) is 29.6 Å². The molecule has 0 bridgehead atoms. The largest absolute Gasteiger partial charge is 0.481 e. The number of benzene rings is 1. The Morgan fingerprint density at radius 2 is 1.94 bits per heavy atom. The highest BCUT2D eigenvalue weighted by molar-refractivity contribution is 7.17. The zero-order chi connectivity index (χ0) is 12.3. The molecule has 1 aromatic carbocycles. The van der Waals surface area contributed by atoms with E-state index in [1.165, 1.54) is 0 Å². The summed E-state index contributed by atoms with van der Waals surface area (Å²) in [6.07, 6.45) is 0.749. The second-order valence-corrected chi connectivity index (χ2v) is 4.73. The Balaban J connectivity index is 2.11. The van der Waals surface area contributed by atoms with Crippen LogP contribution >= 0.6 is 11.3 Å². The van der Waals surface area contributed by atoms with Gasteiger partial charge < -0.3 is 5.11 Å². The monoisotopic (exact) mass is 248 g/mol. The molecular formula is C13H12O3S. The molecule has 0 atom stereocenters. The molecule has 0 amide bonds. The van der Waals surface area contributed by atoms with E-state index in [1.54, 1.807) is 11.3 Å². The number of Topliss-reactive ketones (excluding diaryl/α,β-unsaturated/α-hetero) is 1. The Hall–Kier alpha value is -1.68. The predicted molar refractivity (Wildman–Crippen MR) is 67.6 cm³/mol. The van der Waals surface area contributed by atoms with Gasteiger partial charge in [0, 0.05) is 33.9 Å². The fourth-order valence-corrected chi connectivity index (χ4v) is 2.69. The summed E-state index contributed by atoms with van der Waals surface area (Å²) in [4.78, 5) is 22.3. The summed E-state index contributed by atoms with van der Waals surface area (Å²) in [6.45, 7) is 0. The minimum Gasteiger partial charge on any atom is -0.481 e. The zero-order valence-corrected chi connectivity index (χ0v) is 10.00. The van der Waals surface area contributed by atoms with Crippen molar-refractivity contribution >= 4 is 33.2 Å². The van der Waals surface area contributed by atoms with Gasteiger partial charge in [0.05, 0.1) is 0 Å². The molecule has 0 aliphatic heterocycles. The SMILES string of the molecule is O=C(O)CCCC(=O)c1csc2ccccc12. The summed E-state index contributed by atoms with van der Waals surface area (Å²) in [5, 5.41) is 11.3. The molecule has 2 aromatic rings. The number of rotatable bonds is 5. The number of carbonyl (C=O) groups is 2. The number of carbonyl (C=O) groups excluding carboxylic acids is 1. The van der Waals surface area contributed by atoms with Gasteiger partial charge in [0.2, 0.25) is 0 Å². The van der Waals surface area contributed by atoms with Crippen LogP contribution in [0.4, 0.5) is 0 Å². The smallest absolute Gasteiger partial charge is 0.303 e. The van der Waals surface area contributed by atoms with Crippen LogP contribution < -0.4 is 0 Å². The molecule has 4 heteroatoms. The van der Waals surface area contributed by atoms with E-state index in [0.717, 1.165) is 15.6 Å². The number of thiophene rings is 1. The van der Waals surface area contributed by atoms with Crippen LogP contribution in [0.15, 0.2) is 29.6 Å². The van der Waals surface area contributed by atoms with E-state index in [-0.39, 0.29) is 12.2 Å². The summed E-state index contributed by atoms with van der Waals surface area (Å²) >= 11 is 1.54. The molecule has 0 saturated heterocycles. The van der Waals surface area contributed by atoms with Gasteiger partial charge in [0.15, 0.2) is 5.78 Å². The van der Waals surface area contributed by atoms with Gasteiger partial charge in [-0.25, -0.2) is 0 Å². The Bertz CT molecular complexity index is 557. The van der Waals surface area contributed by atoms with Crippen molar-refractivity contribution in [3.63, 3.8) is 0 Å². The number of hydrogen-bond donors (Lipinski definition) is 1. The Kier molecular flexibility index (Phi) is 3.54. The highest BCUT2D eigenvalue weighted by Gasteiger charge is 2.12. The third kappa shape index (κ3) is 2.71. The second kappa shape index (κ2) is 5.10. The van der Waals surface area contributed by atoms with E-state index in [9.17, 15) is 9.59 Å². The predicted octanol–water partition coefficient (Wildman–Crippen LogP) is 3.34. The Morgan fingerprint density at radius 1 is 1.18 bits per heavy atom. The number of hydrogen-bond acceptors (Lipinski definition) is 3. The van der Waals surface area contributed by atoms with Crippen LogP contribution in [0, 0.1) is 0 Å². The lowest BCUT2D eigenvalue weighted by Gasteiger charge is -1.98. The Labute approximate surface area is 103 Å². The Morgan fingerprint density at radius 3 is 2.71 bits per heavy atom. The van der Waals surface area contributed by atoms with Gasteiger partial charge in [0.1, 0.15) is 0 Å². The molecule has 88 valence electrons. The van der Waals surface area contributed by atoms with Crippen LogP contribution in [0.5, 0.6) is 0 Å². The van der Waals surface area contributed by atoms with Crippen LogP contribution in [-0.2, 0) is 4.79 Å². The lowest BCUT2D eigenvalue weighted by atomic mass is 10.0. The molecule has 1 N–H and O–H groups in total. The van der Waals surface area contributed by atoms with Crippen molar-refractivity contribution in [2.24, 2.45) is 0 Å². The molecule has 1 aromatic heterocycles. The molecular weight excluding hydrogens is 236 g/mol. The number of carboxylic acids is 1. The topological polar surface area (TPSA) is 54.4 Å². The van der Waals surface area contributed by atoms with E-state index in [4.69, 9.17) is 5.11 Å². The number of aliphatic carboxylic acids is 1. The van der Waals surface area contributed by atoms with E-state index >= 15 is 0 Å². The van der Waals surface area contributed by atoms with Crippen molar-refractivity contribution in [3.05, 3.63) is 35.2 Å². The minimum absolute atomic E-state index is 0.0312. The average molecular weight is 248 g/mol. The summed E-state index contributed by atoms with van der Waals surface area (Å²) in [7, 11) is 0. The van der Waals surface area contributed by atoms with Gasteiger partial charge in [0.25, 0.3) is 0 Å². The van der Waals surface area contributed by atoms with Crippen molar-refractivity contribution in [2.75, 3.05) is 0 Å². The van der Waals surface area contributed by atoms with E-state index < -0.39 is 5.97 Å². The quantitative estimate of drug-likeness (QED) is 0.826. The number of ketones is 1. The highest BCUT2D eigenvalue weighted by Crippen LogP contribution is 2.26. The van der Waals surface area contributed by atoms with Crippen molar-refractivity contribution in [1.29, 1.82) is 0 Å². The fourth-order valence-electron chi connectivity index (χ4n) is 1.73. The van der Waals surface area contributed by atoms with Crippen molar-refractivity contribution in [3.8, 4) is 0 Å². The maximum atomic E-state index is 11.9. The second-order valence-electron chi connectivity index (χ2n) is 3.82. The first kappa shape index (κ1) is 11.8. The van der Waals surface area contributed by atoms with Crippen molar-refractivity contribution < 1.29 is 14.7 Å². The van der Waals surface area contributed by atoms with E-state index in [2.05, 4.69) is 0 Å². The van der Waals surface area contributed by atoms with Crippen LogP contribution in [0.25, 0.3) is 10.1 Å². The lowest BCUT2D eigenvalue weighted by molar-refractivity contribution is -0.137. The first-order valence-corrected chi connectivity index (χ1v) is 6.27. The maximum absolute atomic E-state index is 11.9. The third-order valence-electron chi connectivity index (χ3n) is 2.58. The summed E-state index contributed by atoms with van der Waals surface area (Å²) in [5.74, 6) is -0.823. The molecule has 0 unspecified atom stereocenters. The standard InChI is InChI=1S/C13H12O3S/c14-11(5-3-7-13(15)16)10-8-17-12-6-2-1-4-9(10)12/h1-2,4,6,8H,3,5,7H2,(H,15,16). The zero-order valence-electron chi connectivity index (χ0n) is 9.18. The molecule has 3 nitrogen and oxygen atoms in total. The third-order valence-corrected chi connectivity index (χ3v) is 3.54. The fraction of sp³-hybridized carbons (Fsp3) is 0.231. The summed E-state index contributed by atoms with van der Waals surface area (Å²) < 4.78 is 1.09. The van der Waals surface area contributed by atoms with Crippen molar-refractivity contribution in [1.82, 2.24) is 0 Å². The maximum Gasteiger partial charge on any atom is 0.303 e. The van der Waals surface area contributed by atoms with Gasteiger partial charge in [-0.3, -0.25) is 9.59 Å². The average Bonchev–Trinajstić information content (AvgIpc) is 2.72. The number of fused-ring (bicyclic) bond motifs is 1. The van der Waals surface area contributed by atoms with Crippen LogP contribution in [0.1, 0.15) is 29.6 Å². The highest BCUT2D eigenvalue weighted by atomic mass is 32.1. The molecule has 0 aliphatic rings. The molecule has 0 fully saturated rings. The van der Waals surface area contributed by atoms with Gasteiger partial charge in [-0.1, -0.05) is 18.2 Å². The van der Waals surface area contributed by atoms with Gasteiger partial charge in [-0.2, -0.15) is 0 Å². The molecule has 0 spiro atoms. The lowest BCUT2D eigenvalue weighted by Crippen LogP contribution is -2.00. The summed E-state index contributed by atoms with van der Waals surface area (Å²) in [5.41, 5.74) is 0.719. The molecule has 17 heavy (non-hydrogen) atoms. The van der Waals surface area contributed by atoms with Crippen LogP contribution in [-0.4, -0.2) is 16.9 Å². The number of carboxylic acid groups (broad SMARTS) is 1. The molecule has 2 rings (SSSR count). The molecule has 0 radical (unpaired) electrons. The summed E-state index contributed by atoms with van der Waals surface area (Å²) in [6, 6.07) is 7.75. The van der Waals surface area contributed by atoms with Gasteiger partial charge >= 0.3 is 5.97 Å². The minimum atomic E-state index is -0.854. The van der Waals surface area contributed by atoms with E-state index in [0.29, 0.717) is 12.8 Å². The molecule has 0 aliphatic carbocycles. The first-order valence-electron chi connectivity index (χ1n) is 5.39. The van der Waals surface area contributed by atoms with Crippen molar-refractivity contribution in [2.45, 2.75) is 19.3 Å². The first-order chi connectivity index (χ1) is 8.18. The molecule has 1 heterocycles. The van der Waals surface area contributed by atoms with Gasteiger partial charge in [-0.05, 0) is 12.5 Å². The van der Waals surface area contributed by atoms with Crippen LogP contribution in [0.3, 0.4) is 0 Å². The normalized spacial score (nSPS) is 10.6. The van der Waals surface area contributed by atoms with Crippen LogP contribution in [0.2, 0.25) is 0 Å².